The Hall–Kier alpha value is -3.47. The summed E-state index contributed by atoms with van der Waals surface area (Å²) in [4.78, 5) is 21.7. The van der Waals surface area contributed by atoms with Crippen molar-refractivity contribution in [3.05, 3.63) is 94.1 Å². The Bertz CT molecular complexity index is 1230. The van der Waals surface area contributed by atoms with Crippen molar-refractivity contribution < 1.29 is 4.79 Å². The number of aryl methyl sites for hydroxylation is 2. The molecule has 31 heavy (non-hydrogen) atoms. The Balaban J connectivity index is 1.76. The summed E-state index contributed by atoms with van der Waals surface area (Å²) in [5.74, 6) is 0.633. The summed E-state index contributed by atoms with van der Waals surface area (Å²) in [7, 11) is 0. The molecule has 158 valence electrons. The molecule has 2 aromatic heterocycles. The molecule has 1 amide bonds. The molecule has 4 rings (SSSR count). The summed E-state index contributed by atoms with van der Waals surface area (Å²) in [6.07, 6.45) is 1.63. The van der Waals surface area contributed by atoms with Gasteiger partial charge in [0.2, 0.25) is 0 Å². The van der Waals surface area contributed by atoms with Gasteiger partial charge in [-0.3, -0.25) is 9.78 Å². The van der Waals surface area contributed by atoms with Gasteiger partial charge in [0.05, 0.1) is 17.1 Å². The summed E-state index contributed by atoms with van der Waals surface area (Å²) in [6, 6.07) is 15.4. The zero-order valence-electron chi connectivity index (χ0n) is 18.7. The lowest BCUT2D eigenvalue weighted by Gasteiger charge is -2.20. The van der Waals surface area contributed by atoms with Crippen molar-refractivity contribution in [1.29, 1.82) is 0 Å². The van der Waals surface area contributed by atoms with Gasteiger partial charge in [-0.25, -0.2) is 4.98 Å². The Morgan fingerprint density at radius 1 is 1.00 bits per heavy atom. The molecular formula is C26H28N4O. The number of amides is 1. The minimum Gasteiger partial charge on any atom is -0.341 e. The molecule has 2 heterocycles. The van der Waals surface area contributed by atoms with E-state index in [1.807, 2.05) is 31.2 Å². The van der Waals surface area contributed by atoms with Crippen molar-refractivity contribution in [3.8, 4) is 0 Å². The second-order valence-corrected chi connectivity index (χ2v) is 8.19. The van der Waals surface area contributed by atoms with E-state index in [1.165, 1.54) is 27.8 Å². The van der Waals surface area contributed by atoms with Crippen LogP contribution in [0.15, 0.2) is 54.7 Å². The van der Waals surface area contributed by atoms with Crippen LogP contribution in [0.2, 0.25) is 0 Å². The lowest BCUT2D eigenvalue weighted by molar-refractivity contribution is 0.0932. The van der Waals surface area contributed by atoms with Gasteiger partial charge in [0.1, 0.15) is 11.5 Å². The van der Waals surface area contributed by atoms with Gasteiger partial charge in [0.15, 0.2) is 0 Å². The molecule has 0 radical (unpaired) electrons. The third kappa shape index (κ3) is 3.96. The second-order valence-electron chi connectivity index (χ2n) is 8.19. The lowest BCUT2D eigenvalue weighted by atomic mass is 9.94. The van der Waals surface area contributed by atoms with Crippen LogP contribution in [0.4, 0.5) is 0 Å². The van der Waals surface area contributed by atoms with E-state index in [2.05, 4.69) is 54.7 Å². The van der Waals surface area contributed by atoms with Gasteiger partial charge in [-0.1, -0.05) is 24.3 Å². The molecule has 0 aliphatic heterocycles. The zero-order chi connectivity index (χ0) is 22.1. The van der Waals surface area contributed by atoms with Crippen LogP contribution in [0, 0.1) is 27.7 Å². The van der Waals surface area contributed by atoms with Crippen LogP contribution in [0.5, 0.6) is 0 Å². The van der Waals surface area contributed by atoms with E-state index in [9.17, 15) is 4.79 Å². The van der Waals surface area contributed by atoms with Gasteiger partial charge in [0.25, 0.3) is 5.91 Å². The van der Waals surface area contributed by atoms with Gasteiger partial charge in [-0.2, -0.15) is 0 Å². The maximum absolute atomic E-state index is 12.7. The number of fused-ring (bicyclic) bond motifs is 1. The van der Waals surface area contributed by atoms with E-state index in [1.54, 1.807) is 18.3 Å². The third-order valence-corrected chi connectivity index (χ3v) is 6.15. The summed E-state index contributed by atoms with van der Waals surface area (Å²) >= 11 is 0. The molecule has 2 aromatic carbocycles. The van der Waals surface area contributed by atoms with Crippen LogP contribution < -0.4 is 5.32 Å². The standard InChI is InChI=1S/C26H28N4O/c1-16-14-17(2)19(4)21(18(16)3)15-30-24-12-7-6-10-22(24)29-25(30)20(5)28-26(31)23-11-8-9-13-27-23/h6-14,20H,15H2,1-5H3,(H,28,31). The number of nitrogens with one attached hydrogen (secondary N) is 1. The average molecular weight is 413 g/mol. The predicted molar refractivity (Wildman–Crippen MR) is 124 cm³/mol. The predicted octanol–water partition coefficient (Wildman–Crippen LogP) is 5.20. The molecular weight excluding hydrogens is 384 g/mol. The van der Waals surface area contributed by atoms with Crippen molar-refractivity contribution in [2.24, 2.45) is 0 Å². The largest absolute Gasteiger partial charge is 0.341 e. The molecule has 0 saturated heterocycles. The van der Waals surface area contributed by atoms with E-state index in [-0.39, 0.29) is 11.9 Å². The number of carbonyl (C=O) groups excluding carboxylic acids is 1. The van der Waals surface area contributed by atoms with E-state index < -0.39 is 0 Å². The van der Waals surface area contributed by atoms with Gasteiger partial charge in [-0.05, 0) is 86.7 Å². The number of rotatable bonds is 5. The molecule has 0 fully saturated rings. The Morgan fingerprint density at radius 2 is 1.68 bits per heavy atom. The number of benzene rings is 2. The summed E-state index contributed by atoms with van der Waals surface area (Å²) in [5.41, 5.74) is 8.89. The number of nitrogens with zero attached hydrogens (tertiary/aromatic N) is 3. The SMILES string of the molecule is Cc1cc(C)c(C)c(Cn2c(C(C)NC(=O)c3ccccn3)nc3ccccc32)c1C. The first kappa shape index (κ1) is 20.8. The van der Waals surface area contributed by atoms with Gasteiger partial charge in [0, 0.05) is 12.7 Å². The van der Waals surface area contributed by atoms with Crippen LogP contribution in [0.25, 0.3) is 11.0 Å². The summed E-state index contributed by atoms with van der Waals surface area (Å²) in [5, 5.41) is 3.07. The first-order chi connectivity index (χ1) is 14.9. The Kier molecular flexibility index (Phi) is 5.59. The molecule has 1 unspecified atom stereocenters. The normalized spacial score (nSPS) is 12.2. The minimum atomic E-state index is -0.270. The first-order valence-electron chi connectivity index (χ1n) is 10.6. The highest BCUT2D eigenvalue weighted by Crippen LogP contribution is 2.27. The van der Waals surface area contributed by atoms with Crippen molar-refractivity contribution in [3.63, 3.8) is 0 Å². The van der Waals surface area contributed by atoms with E-state index in [4.69, 9.17) is 4.98 Å². The average Bonchev–Trinajstić information content (AvgIpc) is 3.14. The molecule has 0 aliphatic carbocycles. The molecule has 0 saturated carbocycles. The van der Waals surface area contributed by atoms with Crippen LogP contribution in [-0.2, 0) is 6.54 Å². The van der Waals surface area contributed by atoms with E-state index >= 15 is 0 Å². The molecule has 0 bridgehead atoms. The van der Waals surface area contributed by atoms with Gasteiger partial charge in [-0.15, -0.1) is 0 Å². The number of carbonyl (C=O) groups is 1. The third-order valence-electron chi connectivity index (χ3n) is 6.15. The maximum Gasteiger partial charge on any atom is 0.270 e. The maximum atomic E-state index is 12.7. The smallest absolute Gasteiger partial charge is 0.270 e. The molecule has 1 N–H and O–H groups in total. The molecule has 4 aromatic rings. The fraction of sp³-hybridized carbons (Fsp3) is 0.269. The molecule has 5 heteroatoms. The number of hydrogen-bond acceptors (Lipinski definition) is 3. The van der Waals surface area contributed by atoms with E-state index in [0.29, 0.717) is 12.2 Å². The van der Waals surface area contributed by atoms with Crippen molar-refractivity contribution >= 4 is 16.9 Å². The molecule has 0 spiro atoms. The van der Waals surface area contributed by atoms with Crippen LogP contribution in [0.3, 0.4) is 0 Å². The number of hydrogen-bond donors (Lipinski definition) is 1. The summed E-state index contributed by atoms with van der Waals surface area (Å²) in [6.45, 7) is 11.4. The topological polar surface area (TPSA) is 59.8 Å². The number of pyridine rings is 1. The Labute approximate surface area is 183 Å². The van der Waals surface area contributed by atoms with Gasteiger partial charge >= 0.3 is 0 Å². The van der Waals surface area contributed by atoms with Crippen molar-refractivity contribution in [2.75, 3.05) is 0 Å². The molecule has 1 atom stereocenters. The van der Waals surface area contributed by atoms with Crippen LogP contribution in [-0.4, -0.2) is 20.4 Å². The Morgan fingerprint density at radius 3 is 2.35 bits per heavy atom. The number of para-hydroxylation sites is 2. The summed E-state index contributed by atoms with van der Waals surface area (Å²) < 4.78 is 2.23. The van der Waals surface area contributed by atoms with E-state index in [0.717, 1.165) is 16.9 Å². The van der Waals surface area contributed by atoms with Crippen molar-refractivity contribution in [2.45, 2.75) is 47.2 Å². The monoisotopic (exact) mass is 412 g/mol. The second kappa shape index (κ2) is 8.34. The highest BCUT2D eigenvalue weighted by molar-refractivity contribution is 5.92. The first-order valence-corrected chi connectivity index (χ1v) is 10.6. The molecule has 5 nitrogen and oxygen atoms in total. The quantitative estimate of drug-likeness (QED) is 0.490. The lowest BCUT2D eigenvalue weighted by Crippen LogP contribution is -2.29. The number of imidazole rings is 1. The minimum absolute atomic E-state index is 0.203. The van der Waals surface area contributed by atoms with Crippen LogP contribution >= 0.6 is 0 Å². The molecule has 0 aliphatic rings. The number of aromatic nitrogens is 3. The highest BCUT2D eigenvalue weighted by atomic mass is 16.1. The van der Waals surface area contributed by atoms with Gasteiger partial charge < -0.3 is 9.88 Å². The van der Waals surface area contributed by atoms with Crippen LogP contribution in [0.1, 0.15) is 57.1 Å². The highest BCUT2D eigenvalue weighted by Gasteiger charge is 2.21. The van der Waals surface area contributed by atoms with Crippen molar-refractivity contribution in [1.82, 2.24) is 19.9 Å². The zero-order valence-corrected chi connectivity index (χ0v) is 18.7. The fourth-order valence-corrected chi connectivity index (χ4v) is 4.12. The fourth-order valence-electron chi connectivity index (χ4n) is 4.12.